The zero-order chi connectivity index (χ0) is 22.2. The standard InChI is InChI=1S/C19H15N5O5S2/c20-15-9-10-16(30-15)31(28,29)23-18(26)21-11-5-7-12(8-6-11)24-17(25)13-3-1-2-4-14(13)22-19(24)27/h1-10H,20H2,(H,22,27)(H2,21,23,26). The Morgan fingerprint density at radius 3 is 2.39 bits per heavy atom. The van der Waals surface area contributed by atoms with E-state index in [9.17, 15) is 22.8 Å². The maximum absolute atomic E-state index is 12.7. The topological polar surface area (TPSA) is 156 Å². The van der Waals surface area contributed by atoms with Gasteiger partial charge in [-0.3, -0.25) is 4.79 Å². The van der Waals surface area contributed by atoms with Gasteiger partial charge in [-0.2, -0.15) is 0 Å². The number of anilines is 2. The van der Waals surface area contributed by atoms with Crippen LogP contribution in [0.5, 0.6) is 0 Å². The third-order valence-corrected chi connectivity index (χ3v) is 7.02. The summed E-state index contributed by atoms with van der Waals surface area (Å²) in [6.45, 7) is 0. The molecule has 0 fully saturated rings. The minimum atomic E-state index is -4.06. The van der Waals surface area contributed by atoms with Crippen molar-refractivity contribution in [2.45, 2.75) is 4.21 Å². The molecule has 0 saturated carbocycles. The Morgan fingerprint density at radius 2 is 1.71 bits per heavy atom. The van der Waals surface area contributed by atoms with E-state index in [-0.39, 0.29) is 15.6 Å². The summed E-state index contributed by atoms with van der Waals surface area (Å²) in [5.74, 6) is 0. The minimum absolute atomic E-state index is 0.0922. The highest BCUT2D eigenvalue weighted by atomic mass is 32.2. The number of nitrogen functional groups attached to an aromatic ring is 1. The van der Waals surface area contributed by atoms with Gasteiger partial charge in [0, 0.05) is 5.69 Å². The van der Waals surface area contributed by atoms with Gasteiger partial charge in [-0.05, 0) is 48.5 Å². The lowest BCUT2D eigenvalue weighted by Gasteiger charge is -2.09. The number of aromatic nitrogens is 2. The molecule has 31 heavy (non-hydrogen) atoms. The number of hydrogen-bond donors (Lipinski definition) is 4. The Balaban J connectivity index is 1.55. The van der Waals surface area contributed by atoms with E-state index in [1.165, 1.54) is 36.4 Å². The molecule has 2 aromatic carbocycles. The molecular formula is C19H15N5O5S2. The summed E-state index contributed by atoms with van der Waals surface area (Å²) in [6.07, 6.45) is 0. The first-order valence-electron chi connectivity index (χ1n) is 8.78. The number of amides is 2. The number of sulfonamides is 1. The van der Waals surface area contributed by atoms with E-state index in [0.29, 0.717) is 15.9 Å². The highest BCUT2D eigenvalue weighted by molar-refractivity contribution is 7.92. The van der Waals surface area contributed by atoms with E-state index in [2.05, 4.69) is 10.3 Å². The van der Waals surface area contributed by atoms with Crippen molar-refractivity contribution in [3.8, 4) is 5.69 Å². The van der Waals surface area contributed by atoms with Gasteiger partial charge in [-0.25, -0.2) is 27.3 Å². The largest absolute Gasteiger partial charge is 0.391 e. The average Bonchev–Trinajstić information content (AvgIpc) is 3.16. The van der Waals surface area contributed by atoms with Crippen LogP contribution in [-0.2, 0) is 10.0 Å². The average molecular weight is 457 g/mol. The monoisotopic (exact) mass is 457 g/mol. The van der Waals surface area contributed by atoms with Gasteiger partial charge in [-0.15, -0.1) is 11.3 Å². The van der Waals surface area contributed by atoms with Gasteiger partial charge in [-0.1, -0.05) is 12.1 Å². The molecule has 10 nitrogen and oxygen atoms in total. The van der Waals surface area contributed by atoms with Gasteiger partial charge in [0.25, 0.3) is 15.6 Å². The van der Waals surface area contributed by atoms with E-state index in [1.807, 2.05) is 4.72 Å². The van der Waals surface area contributed by atoms with Crippen molar-refractivity contribution in [2.75, 3.05) is 11.1 Å². The Morgan fingerprint density at radius 1 is 1.00 bits per heavy atom. The molecule has 2 amide bonds. The predicted octanol–water partition coefficient (Wildman–Crippen LogP) is 1.83. The molecule has 158 valence electrons. The fraction of sp³-hybridized carbons (Fsp3) is 0. The fourth-order valence-electron chi connectivity index (χ4n) is 2.90. The van der Waals surface area contributed by atoms with Gasteiger partial charge >= 0.3 is 11.7 Å². The first-order valence-corrected chi connectivity index (χ1v) is 11.1. The third-order valence-electron chi connectivity index (χ3n) is 4.28. The smallest absolute Gasteiger partial charge is 0.333 e. The predicted molar refractivity (Wildman–Crippen MR) is 118 cm³/mol. The lowest BCUT2D eigenvalue weighted by atomic mass is 10.2. The summed E-state index contributed by atoms with van der Waals surface area (Å²) < 4.78 is 27.1. The van der Waals surface area contributed by atoms with Crippen LogP contribution in [0, 0.1) is 0 Å². The highest BCUT2D eigenvalue weighted by Gasteiger charge is 2.19. The molecule has 0 atom stereocenters. The number of carbonyl (C=O) groups excluding carboxylic acids is 1. The molecule has 0 bridgehead atoms. The number of carbonyl (C=O) groups is 1. The zero-order valence-corrected chi connectivity index (χ0v) is 17.3. The van der Waals surface area contributed by atoms with Crippen molar-refractivity contribution in [3.63, 3.8) is 0 Å². The molecule has 0 aliphatic carbocycles. The van der Waals surface area contributed by atoms with Gasteiger partial charge in [0.15, 0.2) is 0 Å². The Labute approximate surface area is 179 Å². The van der Waals surface area contributed by atoms with Crippen LogP contribution in [0.15, 0.2) is 74.5 Å². The van der Waals surface area contributed by atoms with E-state index < -0.39 is 27.3 Å². The van der Waals surface area contributed by atoms with Crippen LogP contribution in [0.3, 0.4) is 0 Å². The number of para-hydroxylation sites is 1. The fourth-order valence-corrected chi connectivity index (χ4v) is 4.90. The molecule has 0 spiro atoms. The molecule has 0 saturated heterocycles. The lowest BCUT2D eigenvalue weighted by molar-refractivity contribution is 0.256. The molecule has 12 heteroatoms. The van der Waals surface area contributed by atoms with Crippen molar-refractivity contribution in [3.05, 3.63) is 81.5 Å². The molecule has 4 rings (SSSR count). The zero-order valence-electron chi connectivity index (χ0n) is 15.7. The van der Waals surface area contributed by atoms with E-state index in [4.69, 9.17) is 5.73 Å². The summed E-state index contributed by atoms with van der Waals surface area (Å²) in [5, 5.41) is 3.03. The van der Waals surface area contributed by atoms with Crippen molar-refractivity contribution in [1.82, 2.24) is 14.3 Å². The number of aromatic amines is 1. The van der Waals surface area contributed by atoms with Crippen LogP contribution < -0.4 is 27.0 Å². The van der Waals surface area contributed by atoms with E-state index >= 15 is 0 Å². The SMILES string of the molecule is Nc1ccc(S(=O)(=O)NC(=O)Nc2ccc(-n3c(=O)[nH]c4ccccc4c3=O)cc2)s1. The summed E-state index contributed by atoms with van der Waals surface area (Å²) in [4.78, 5) is 39.8. The second-order valence-corrected chi connectivity index (χ2v) is 9.40. The number of nitrogens with two attached hydrogens (primary N) is 1. The summed E-state index contributed by atoms with van der Waals surface area (Å²) in [6, 6.07) is 14.2. The highest BCUT2D eigenvalue weighted by Crippen LogP contribution is 2.23. The van der Waals surface area contributed by atoms with Crippen LogP contribution in [0.2, 0.25) is 0 Å². The summed E-state index contributed by atoms with van der Waals surface area (Å²) >= 11 is 0.828. The molecule has 2 aromatic heterocycles. The van der Waals surface area contributed by atoms with Gasteiger partial charge < -0.3 is 16.0 Å². The number of fused-ring (bicyclic) bond motifs is 1. The maximum Gasteiger partial charge on any atom is 0.333 e. The third kappa shape index (κ3) is 4.06. The van der Waals surface area contributed by atoms with Crippen molar-refractivity contribution in [1.29, 1.82) is 0 Å². The van der Waals surface area contributed by atoms with Gasteiger partial charge in [0.2, 0.25) is 0 Å². The van der Waals surface area contributed by atoms with Crippen molar-refractivity contribution in [2.24, 2.45) is 0 Å². The molecule has 0 unspecified atom stereocenters. The normalized spacial score (nSPS) is 11.4. The number of nitrogens with zero attached hydrogens (tertiary/aromatic N) is 1. The van der Waals surface area contributed by atoms with Crippen LogP contribution in [0.4, 0.5) is 15.5 Å². The second-order valence-electron chi connectivity index (χ2n) is 6.38. The Hall–Kier alpha value is -3.90. The van der Waals surface area contributed by atoms with Crippen molar-refractivity contribution >= 4 is 49.0 Å². The number of hydrogen-bond acceptors (Lipinski definition) is 7. The lowest BCUT2D eigenvalue weighted by Crippen LogP contribution is -2.34. The number of benzene rings is 2. The Bertz CT molecular complexity index is 1520. The van der Waals surface area contributed by atoms with Gasteiger partial charge in [0.1, 0.15) is 4.21 Å². The van der Waals surface area contributed by atoms with Crippen molar-refractivity contribution < 1.29 is 13.2 Å². The quantitative estimate of drug-likeness (QED) is 0.366. The number of urea groups is 1. The molecule has 2 heterocycles. The minimum Gasteiger partial charge on any atom is -0.391 e. The number of thiophene rings is 1. The number of rotatable bonds is 4. The number of nitrogens with one attached hydrogen (secondary N) is 3. The van der Waals surface area contributed by atoms with E-state index in [1.54, 1.807) is 24.3 Å². The second kappa shape index (κ2) is 7.74. The van der Waals surface area contributed by atoms with Crippen LogP contribution in [0.1, 0.15) is 0 Å². The molecule has 0 radical (unpaired) electrons. The summed E-state index contributed by atoms with van der Waals surface area (Å²) in [7, 11) is -4.06. The molecule has 0 aliphatic rings. The number of H-pyrrole nitrogens is 1. The molecular weight excluding hydrogens is 442 g/mol. The van der Waals surface area contributed by atoms with E-state index in [0.717, 1.165) is 15.9 Å². The van der Waals surface area contributed by atoms with Crippen LogP contribution in [0.25, 0.3) is 16.6 Å². The molecule has 4 aromatic rings. The Kier molecular flexibility index (Phi) is 5.09. The first-order chi connectivity index (χ1) is 14.7. The van der Waals surface area contributed by atoms with Crippen LogP contribution >= 0.6 is 11.3 Å². The molecule has 0 aliphatic heterocycles. The maximum atomic E-state index is 12.7. The van der Waals surface area contributed by atoms with Gasteiger partial charge in [0.05, 0.1) is 21.6 Å². The van der Waals surface area contributed by atoms with Crippen LogP contribution in [-0.4, -0.2) is 24.0 Å². The molecule has 5 N–H and O–H groups in total. The first kappa shape index (κ1) is 20.4. The summed E-state index contributed by atoms with van der Waals surface area (Å²) in [5.41, 5.74) is 5.39.